The summed E-state index contributed by atoms with van der Waals surface area (Å²) in [6, 6.07) is 5.28. The average molecular weight is 306 g/mol. The van der Waals surface area contributed by atoms with E-state index in [1.165, 1.54) is 0 Å². The van der Waals surface area contributed by atoms with E-state index in [1.807, 2.05) is 19.1 Å². The van der Waals surface area contributed by atoms with Crippen LogP contribution in [0.2, 0.25) is 0 Å². The molecular weight excluding hydrogens is 284 g/mol. The smallest absolute Gasteiger partial charge is 0.244 e. The van der Waals surface area contributed by atoms with Gasteiger partial charge in [-0.05, 0) is 37.0 Å². The van der Waals surface area contributed by atoms with Crippen molar-refractivity contribution in [3.8, 4) is 11.8 Å². The lowest BCUT2D eigenvalue weighted by Gasteiger charge is -2.17. The van der Waals surface area contributed by atoms with Gasteiger partial charge in [0.15, 0.2) is 0 Å². The summed E-state index contributed by atoms with van der Waals surface area (Å²) < 4.78 is 27.2. The van der Waals surface area contributed by atoms with Crippen molar-refractivity contribution < 1.29 is 8.42 Å². The molecule has 1 fully saturated rings. The lowest BCUT2D eigenvalue weighted by molar-refractivity contribution is 0.453. The molecule has 1 heterocycles. The van der Waals surface area contributed by atoms with E-state index < -0.39 is 10.0 Å². The van der Waals surface area contributed by atoms with Gasteiger partial charge in [0.05, 0.1) is 11.4 Å². The van der Waals surface area contributed by atoms with E-state index in [9.17, 15) is 8.42 Å². The Labute approximate surface area is 127 Å². The molecule has 0 spiro atoms. The molecule has 0 radical (unpaired) electrons. The number of aryl methyl sites for hydroxylation is 1. The zero-order chi connectivity index (χ0) is 15.5. The SMILES string of the molecule is CCC1CCN(S(=O)(=O)c2ccc(C)cc2C#CCN)C1. The van der Waals surface area contributed by atoms with Crippen molar-refractivity contribution in [3.63, 3.8) is 0 Å². The maximum Gasteiger partial charge on any atom is 0.244 e. The summed E-state index contributed by atoms with van der Waals surface area (Å²) in [4.78, 5) is 0.297. The van der Waals surface area contributed by atoms with E-state index >= 15 is 0 Å². The normalized spacial score (nSPS) is 19.3. The van der Waals surface area contributed by atoms with Gasteiger partial charge in [-0.1, -0.05) is 31.3 Å². The van der Waals surface area contributed by atoms with E-state index in [2.05, 4.69) is 18.8 Å². The van der Waals surface area contributed by atoms with Crippen molar-refractivity contribution >= 4 is 10.0 Å². The quantitative estimate of drug-likeness (QED) is 0.865. The van der Waals surface area contributed by atoms with Gasteiger partial charge in [0.25, 0.3) is 0 Å². The van der Waals surface area contributed by atoms with Crippen LogP contribution >= 0.6 is 0 Å². The number of sulfonamides is 1. The maximum absolute atomic E-state index is 12.8. The molecule has 2 N–H and O–H groups in total. The van der Waals surface area contributed by atoms with Gasteiger partial charge in [-0.3, -0.25) is 0 Å². The van der Waals surface area contributed by atoms with E-state index in [-0.39, 0.29) is 6.54 Å². The van der Waals surface area contributed by atoms with Crippen LogP contribution in [0.4, 0.5) is 0 Å². The molecule has 1 saturated heterocycles. The van der Waals surface area contributed by atoms with Gasteiger partial charge in [0.1, 0.15) is 0 Å². The van der Waals surface area contributed by atoms with Gasteiger partial charge < -0.3 is 5.73 Å². The summed E-state index contributed by atoms with van der Waals surface area (Å²) >= 11 is 0. The summed E-state index contributed by atoms with van der Waals surface area (Å²) in [5.41, 5.74) is 6.93. The molecule has 21 heavy (non-hydrogen) atoms. The fraction of sp³-hybridized carbons (Fsp3) is 0.500. The van der Waals surface area contributed by atoms with Crippen LogP contribution in [0.3, 0.4) is 0 Å². The predicted octanol–water partition coefficient (Wildman–Crippen LogP) is 1.73. The van der Waals surface area contributed by atoms with Crippen LogP contribution in [0, 0.1) is 24.7 Å². The van der Waals surface area contributed by atoms with Crippen LogP contribution in [-0.4, -0.2) is 32.4 Å². The maximum atomic E-state index is 12.8. The van der Waals surface area contributed by atoms with Crippen LogP contribution in [0.1, 0.15) is 30.9 Å². The highest BCUT2D eigenvalue weighted by atomic mass is 32.2. The summed E-state index contributed by atoms with van der Waals surface area (Å²) in [5.74, 6) is 6.10. The molecule has 1 atom stereocenters. The second-order valence-corrected chi connectivity index (χ2v) is 7.34. The van der Waals surface area contributed by atoms with Gasteiger partial charge in [0.2, 0.25) is 10.0 Å². The van der Waals surface area contributed by atoms with Crippen molar-refractivity contribution in [1.82, 2.24) is 4.31 Å². The molecule has 0 aliphatic carbocycles. The Morgan fingerprint density at radius 1 is 1.43 bits per heavy atom. The van der Waals surface area contributed by atoms with Gasteiger partial charge in [-0.2, -0.15) is 4.31 Å². The molecule has 2 rings (SSSR count). The monoisotopic (exact) mass is 306 g/mol. The number of rotatable bonds is 3. The first kappa shape index (κ1) is 16.0. The molecule has 114 valence electrons. The molecule has 0 aromatic heterocycles. The number of benzene rings is 1. The third-order valence-corrected chi connectivity index (χ3v) is 5.83. The van der Waals surface area contributed by atoms with Crippen molar-refractivity contribution in [3.05, 3.63) is 29.3 Å². The Hall–Kier alpha value is -1.35. The minimum Gasteiger partial charge on any atom is -0.320 e. The molecule has 0 bridgehead atoms. The van der Waals surface area contributed by atoms with Crippen LogP contribution < -0.4 is 5.73 Å². The Morgan fingerprint density at radius 3 is 2.81 bits per heavy atom. The Balaban J connectivity index is 2.40. The van der Waals surface area contributed by atoms with Gasteiger partial charge >= 0.3 is 0 Å². The molecule has 5 heteroatoms. The zero-order valence-corrected chi connectivity index (χ0v) is 13.4. The molecule has 4 nitrogen and oxygen atoms in total. The first-order valence-corrected chi connectivity index (χ1v) is 8.72. The molecule has 1 aliphatic rings. The molecule has 1 unspecified atom stereocenters. The minimum atomic E-state index is -3.47. The second kappa shape index (κ2) is 6.61. The summed E-state index contributed by atoms with van der Waals surface area (Å²) in [6.07, 6.45) is 1.95. The number of hydrogen-bond acceptors (Lipinski definition) is 3. The lowest BCUT2D eigenvalue weighted by Crippen LogP contribution is -2.29. The number of nitrogens with zero attached hydrogens (tertiary/aromatic N) is 1. The van der Waals surface area contributed by atoms with Crippen molar-refractivity contribution in [2.45, 2.75) is 31.6 Å². The lowest BCUT2D eigenvalue weighted by atomic mass is 10.1. The second-order valence-electron chi connectivity index (χ2n) is 5.43. The molecule has 1 aromatic carbocycles. The molecule has 0 saturated carbocycles. The molecule has 0 amide bonds. The van der Waals surface area contributed by atoms with Crippen molar-refractivity contribution in [1.29, 1.82) is 0 Å². The van der Waals surface area contributed by atoms with E-state index in [1.54, 1.807) is 10.4 Å². The summed E-state index contributed by atoms with van der Waals surface area (Å²) in [7, 11) is -3.47. The van der Waals surface area contributed by atoms with Gasteiger partial charge in [-0.25, -0.2) is 8.42 Å². The van der Waals surface area contributed by atoms with E-state index in [0.717, 1.165) is 18.4 Å². The molecule has 1 aromatic rings. The average Bonchev–Trinajstić information content (AvgIpc) is 2.94. The molecule has 1 aliphatic heterocycles. The third kappa shape index (κ3) is 3.46. The van der Waals surface area contributed by atoms with Gasteiger partial charge in [0, 0.05) is 18.7 Å². The fourth-order valence-electron chi connectivity index (χ4n) is 2.60. The van der Waals surface area contributed by atoms with Crippen LogP contribution in [0.25, 0.3) is 0 Å². The highest BCUT2D eigenvalue weighted by molar-refractivity contribution is 7.89. The Morgan fingerprint density at radius 2 is 2.19 bits per heavy atom. The largest absolute Gasteiger partial charge is 0.320 e. The molecular formula is C16H22N2O2S. The van der Waals surface area contributed by atoms with Crippen molar-refractivity contribution in [2.75, 3.05) is 19.6 Å². The van der Waals surface area contributed by atoms with Crippen molar-refractivity contribution in [2.24, 2.45) is 11.7 Å². The standard InChI is InChI=1S/C16H22N2O2S/c1-3-14-8-10-18(12-14)21(19,20)16-7-6-13(2)11-15(16)5-4-9-17/h6-7,11,14H,3,8-10,12,17H2,1-2H3. The summed E-state index contributed by atoms with van der Waals surface area (Å²) in [5, 5.41) is 0. The van der Waals surface area contributed by atoms with Crippen LogP contribution in [0.5, 0.6) is 0 Å². The minimum absolute atomic E-state index is 0.217. The third-order valence-electron chi connectivity index (χ3n) is 3.90. The number of nitrogens with two attached hydrogens (primary N) is 1. The zero-order valence-electron chi connectivity index (χ0n) is 12.6. The number of hydrogen-bond donors (Lipinski definition) is 1. The van der Waals surface area contributed by atoms with E-state index in [4.69, 9.17) is 5.73 Å². The first-order chi connectivity index (χ1) is 9.98. The van der Waals surface area contributed by atoms with E-state index in [0.29, 0.717) is 29.5 Å². The van der Waals surface area contributed by atoms with Gasteiger partial charge in [-0.15, -0.1) is 0 Å². The summed E-state index contributed by atoms with van der Waals surface area (Å²) in [6.45, 7) is 5.45. The fourth-order valence-corrected chi connectivity index (χ4v) is 4.26. The highest BCUT2D eigenvalue weighted by Gasteiger charge is 2.32. The predicted molar refractivity (Wildman–Crippen MR) is 84.3 cm³/mol. The Bertz CT molecular complexity index is 671. The highest BCUT2D eigenvalue weighted by Crippen LogP contribution is 2.27. The topological polar surface area (TPSA) is 63.4 Å². The Kier molecular flexibility index (Phi) is 5.04. The van der Waals surface area contributed by atoms with Crippen LogP contribution in [0.15, 0.2) is 23.1 Å². The first-order valence-electron chi connectivity index (χ1n) is 7.28. The van der Waals surface area contributed by atoms with Crippen LogP contribution in [-0.2, 0) is 10.0 Å².